The molecule has 3 unspecified atom stereocenters. The van der Waals surface area contributed by atoms with Crippen LogP contribution in [0.4, 0.5) is 0 Å². The first-order valence-corrected chi connectivity index (χ1v) is 8.07. The summed E-state index contributed by atoms with van der Waals surface area (Å²) in [5, 5.41) is 5.62. The summed E-state index contributed by atoms with van der Waals surface area (Å²) in [7, 11) is 0. The second-order valence-corrected chi connectivity index (χ2v) is 6.39. The summed E-state index contributed by atoms with van der Waals surface area (Å²) in [6.07, 6.45) is 3.05. The standard InChI is InChI=1S/C15H25NO2S/c1-11-9-14(10-12(2)18-11)17-7-6-16-13(3)15-5-4-8-19-15/h4-5,8,11-14,16H,6-7,9-10H2,1-3H3. The third kappa shape index (κ3) is 4.88. The van der Waals surface area contributed by atoms with E-state index in [0.29, 0.717) is 24.4 Å². The molecule has 0 aromatic carbocycles. The first-order valence-electron chi connectivity index (χ1n) is 7.19. The van der Waals surface area contributed by atoms with Crippen LogP contribution < -0.4 is 5.32 Å². The lowest BCUT2D eigenvalue weighted by Gasteiger charge is -2.32. The lowest BCUT2D eigenvalue weighted by atomic mass is 10.0. The van der Waals surface area contributed by atoms with Crippen molar-refractivity contribution in [2.45, 2.75) is 58.0 Å². The van der Waals surface area contributed by atoms with Crippen LogP contribution in [0.5, 0.6) is 0 Å². The van der Waals surface area contributed by atoms with Gasteiger partial charge in [0.2, 0.25) is 0 Å². The van der Waals surface area contributed by atoms with Crippen molar-refractivity contribution in [3.05, 3.63) is 22.4 Å². The van der Waals surface area contributed by atoms with Crippen molar-refractivity contribution in [1.82, 2.24) is 5.32 Å². The van der Waals surface area contributed by atoms with E-state index in [2.05, 4.69) is 43.6 Å². The quantitative estimate of drug-likeness (QED) is 0.812. The van der Waals surface area contributed by atoms with E-state index < -0.39 is 0 Å². The second-order valence-electron chi connectivity index (χ2n) is 5.41. The van der Waals surface area contributed by atoms with Crippen molar-refractivity contribution in [3.8, 4) is 0 Å². The highest BCUT2D eigenvalue weighted by atomic mass is 32.1. The summed E-state index contributed by atoms with van der Waals surface area (Å²) in [5.74, 6) is 0. The van der Waals surface area contributed by atoms with Crippen LogP contribution in [0, 0.1) is 0 Å². The number of thiophene rings is 1. The minimum Gasteiger partial charge on any atom is -0.377 e. The van der Waals surface area contributed by atoms with Crippen LogP contribution >= 0.6 is 11.3 Å². The molecule has 0 saturated carbocycles. The molecule has 108 valence electrons. The Kier molecular flexibility index (Phi) is 5.82. The Hall–Kier alpha value is -0.420. The van der Waals surface area contributed by atoms with Gasteiger partial charge in [-0.15, -0.1) is 11.3 Å². The maximum Gasteiger partial charge on any atom is 0.0625 e. The molecule has 1 saturated heterocycles. The Morgan fingerprint density at radius 3 is 2.79 bits per heavy atom. The van der Waals surface area contributed by atoms with E-state index in [1.54, 1.807) is 11.3 Å². The van der Waals surface area contributed by atoms with Crippen LogP contribution in [-0.2, 0) is 9.47 Å². The van der Waals surface area contributed by atoms with E-state index in [0.717, 1.165) is 26.0 Å². The largest absolute Gasteiger partial charge is 0.377 e. The molecule has 0 radical (unpaired) electrons. The predicted octanol–water partition coefficient (Wildman–Crippen LogP) is 3.37. The van der Waals surface area contributed by atoms with Crippen molar-refractivity contribution in [1.29, 1.82) is 0 Å². The summed E-state index contributed by atoms with van der Waals surface area (Å²) >= 11 is 1.80. The molecule has 1 aliphatic rings. The molecular formula is C15H25NO2S. The Morgan fingerprint density at radius 1 is 1.42 bits per heavy atom. The molecular weight excluding hydrogens is 258 g/mol. The van der Waals surface area contributed by atoms with Crippen LogP contribution in [-0.4, -0.2) is 31.5 Å². The average molecular weight is 283 g/mol. The van der Waals surface area contributed by atoms with Crippen LogP contribution in [0.3, 0.4) is 0 Å². The zero-order valence-corrected chi connectivity index (χ0v) is 12.9. The molecule has 2 rings (SSSR count). The molecule has 1 aliphatic heterocycles. The summed E-state index contributed by atoms with van der Waals surface area (Å²) in [6, 6.07) is 4.68. The monoisotopic (exact) mass is 283 g/mol. The van der Waals surface area contributed by atoms with Gasteiger partial charge in [-0.1, -0.05) is 6.07 Å². The number of ether oxygens (including phenoxy) is 2. The summed E-state index contributed by atoms with van der Waals surface area (Å²) < 4.78 is 11.7. The van der Waals surface area contributed by atoms with Gasteiger partial charge >= 0.3 is 0 Å². The first-order chi connectivity index (χ1) is 9.15. The molecule has 0 spiro atoms. The van der Waals surface area contributed by atoms with Crippen molar-refractivity contribution < 1.29 is 9.47 Å². The maximum absolute atomic E-state index is 5.95. The third-order valence-electron chi connectivity index (χ3n) is 3.53. The van der Waals surface area contributed by atoms with Gasteiger partial charge in [-0.05, 0) is 45.1 Å². The highest BCUT2D eigenvalue weighted by Crippen LogP contribution is 2.21. The fourth-order valence-electron chi connectivity index (χ4n) is 2.62. The van der Waals surface area contributed by atoms with Gasteiger partial charge in [0.05, 0.1) is 24.9 Å². The molecule has 1 aromatic heterocycles. The zero-order valence-electron chi connectivity index (χ0n) is 12.1. The molecule has 1 N–H and O–H groups in total. The van der Waals surface area contributed by atoms with E-state index >= 15 is 0 Å². The average Bonchev–Trinajstić information content (AvgIpc) is 2.87. The van der Waals surface area contributed by atoms with Gasteiger partial charge in [-0.25, -0.2) is 0 Å². The fraction of sp³-hybridized carbons (Fsp3) is 0.733. The zero-order chi connectivity index (χ0) is 13.7. The van der Waals surface area contributed by atoms with Crippen molar-refractivity contribution in [2.24, 2.45) is 0 Å². The number of hydrogen-bond acceptors (Lipinski definition) is 4. The van der Waals surface area contributed by atoms with Crippen molar-refractivity contribution in [2.75, 3.05) is 13.2 Å². The molecule has 4 heteroatoms. The second kappa shape index (κ2) is 7.39. The summed E-state index contributed by atoms with van der Waals surface area (Å²) in [6.45, 7) is 8.13. The molecule has 1 aromatic rings. The number of hydrogen-bond donors (Lipinski definition) is 1. The van der Waals surface area contributed by atoms with Gasteiger partial charge in [0.25, 0.3) is 0 Å². The Morgan fingerprint density at radius 2 is 2.16 bits per heavy atom. The predicted molar refractivity (Wildman–Crippen MR) is 79.7 cm³/mol. The molecule has 19 heavy (non-hydrogen) atoms. The molecule has 3 nitrogen and oxygen atoms in total. The molecule has 0 amide bonds. The topological polar surface area (TPSA) is 30.5 Å². The lowest BCUT2D eigenvalue weighted by Crippen LogP contribution is -2.35. The normalized spacial score (nSPS) is 29.3. The van der Waals surface area contributed by atoms with Gasteiger partial charge in [-0.3, -0.25) is 0 Å². The first kappa shape index (κ1) is 15.0. The van der Waals surface area contributed by atoms with E-state index in [1.165, 1.54) is 4.88 Å². The van der Waals surface area contributed by atoms with E-state index in [1.807, 2.05) is 0 Å². The molecule has 1 fully saturated rings. The fourth-order valence-corrected chi connectivity index (χ4v) is 3.38. The molecule has 0 aliphatic carbocycles. The maximum atomic E-state index is 5.95. The van der Waals surface area contributed by atoms with Crippen LogP contribution in [0.25, 0.3) is 0 Å². The van der Waals surface area contributed by atoms with Gasteiger partial charge in [0, 0.05) is 17.5 Å². The van der Waals surface area contributed by atoms with Crippen LogP contribution in [0.15, 0.2) is 17.5 Å². The summed E-state index contributed by atoms with van der Waals surface area (Å²) in [5.41, 5.74) is 0. The smallest absolute Gasteiger partial charge is 0.0625 e. The minimum atomic E-state index is 0.326. The number of rotatable bonds is 6. The van der Waals surface area contributed by atoms with E-state index in [9.17, 15) is 0 Å². The third-order valence-corrected chi connectivity index (χ3v) is 4.59. The Bertz CT molecular complexity index is 345. The molecule has 3 atom stereocenters. The van der Waals surface area contributed by atoms with Gasteiger partial charge in [0.1, 0.15) is 0 Å². The van der Waals surface area contributed by atoms with Gasteiger partial charge < -0.3 is 14.8 Å². The van der Waals surface area contributed by atoms with E-state index in [4.69, 9.17) is 9.47 Å². The highest BCUT2D eigenvalue weighted by molar-refractivity contribution is 7.10. The lowest BCUT2D eigenvalue weighted by molar-refractivity contribution is -0.101. The Labute approximate surface area is 120 Å². The Balaban J connectivity index is 1.61. The molecule has 0 bridgehead atoms. The minimum absolute atomic E-state index is 0.326. The van der Waals surface area contributed by atoms with Crippen molar-refractivity contribution >= 4 is 11.3 Å². The van der Waals surface area contributed by atoms with Crippen LogP contribution in [0.1, 0.15) is 44.5 Å². The summed E-state index contributed by atoms with van der Waals surface area (Å²) in [4.78, 5) is 1.38. The SMILES string of the molecule is CC1CC(OCCNC(C)c2cccs2)CC(C)O1. The van der Waals surface area contributed by atoms with Gasteiger partial charge in [-0.2, -0.15) is 0 Å². The van der Waals surface area contributed by atoms with Gasteiger partial charge in [0.15, 0.2) is 0 Å². The molecule has 2 heterocycles. The van der Waals surface area contributed by atoms with Crippen molar-refractivity contribution in [3.63, 3.8) is 0 Å². The van der Waals surface area contributed by atoms with Crippen LogP contribution in [0.2, 0.25) is 0 Å². The number of nitrogens with one attached hydrogen (secondary N) is 1. The highest BCUT2D eigenvalue weighted by Gasteiger charge is 2.24. The van der Waals surface area contributed by atoms with E-state index in [-0.39, 0.29) is 0 Å².